The van der Waals surface area contributed by atoms with Crippen LogP contribution in [0.1, 0.15) is 26.2 Å². The zero-order valence-electron chi connectivity index (χ0n) is 10.0. The Labute approximate surface area is 107 Å². The van der Waals surface area contributed by atoms with E-state index in [0.717, 1.165) is 31.6 Å². The first-order valence-electron chi connectivity index (χ1n) is 6.33. The van der Waals surface area contributed by atoms with Crippen LogP contribution < -0.4 is 0 Å². The summed E-state index contributed by atoms with van der Waals surface area (Å²) in [5.41, 5.74) is 0. The molecule has 0 saturated carbocycles. The number of nitrogens with zero attached hydrogens (tertiary/aromatic N) is 1. The predicted octanol–water partition coefficient (Wildman–Crippen LogP) is 2.04. The normalized spacial score (nSPS) is 37.5. The second-order valence-electron chi connectivity index (χ2n) is 4.93. The smallest absolute Gasteiger partial charge is 0.0802 e. The van der Waals surface area contributed by atoms with Gasteiger partial charge in [-0.25, -0.2) is 0 Å². The number of hydrogen-bond acceptors (Lipinski definition) is 3. The minimum Gasteiger partial charge on any atom is -0.377 e. The second-order valence-corrected chi connectivity index (χ2v) is 5.58. The van der Waals surface area contributed by atoms with E-state index in [9.17, 15) is 0 Å². The van der Waals surface area contributed by atoms with Crippen LogP contribution in [-0.4, -0.2) is 54.8 Å². The zero-order chi connectivity index (χ0) is 11.4. The Kier molecular flexibility index (Phi) is 5.07. The van der Waals surface area contributed by atoms with Crippen LogP contribution in [0, 0.1) is 0 Å². The van der Waals surface area contributed by atoms with E-state index in [1.54, 1.807) is 0 Å². The van der Waals surface area contributed by atoms with E-state index in [1.165, 1.54) is 19.3 Å². The SMILES string of the molecule is CC1CN(CC2CCCCO2)CC(CBr)O1. The van der Waals surface area contributed by atoms with Crippen molar-refractivity contribution in [2.45, 2.75) is 44.5 Å². The van der Waals surface area contributed by atoms with Crippen molar-refractivity contribution in [3.05, 3.63) is 0 Å². The topological polar surface area (TPSA) is 21.7 Å². The molecule has 0 aromatic heterocycles. The van der Waals surface area contributed by atoms with Crippen LogP contribution in [0.15, 0.2) is 0 Å². The predicted molar refractivity (Wildman–Crippen MR) is 68.2 cm³/mol. The van der Waals surface area contributed by atoms with Gasteiger partial charge < -0.3 is 9.47 Å². The lowest BCUT2D eigenvalue weighted by molar-refractivity contribution is -0.0851. The summed E-state index contributed by atoms with van der Waals surface area (Å²) < 4.78 is 11.6. The van der Waals surface area contributed by atoms with Crippen LogP contribution in [0.3, 0.4) is 0 Å². The van der Waals surface area contributed by atoms with E-state index in [-0.39, 0.29) is 0 Å². The van der Waals surface area contributed by atoms with Gasteiger partial charge in [0, 0.05) is 31.6 Å². The van der Waals surface area contributed by atoms with E-state index in [1.807, 2.05) is 0 Å². The highest BCUT2D eigenvalue weighted by Crippen LogP contribution is 2.18. The lowest BCUT2D eigenvalue weighted by Gasteiger charge is -2.38. The van der Waals surface area contributed by atoms with Crippen LogP contribution in [0.2, 0.25) is 0 Å². The van der Waals surface area contributed by atoms with Crippen molar-refractivity contribution in [3.63, 3.8) is 0 Å². The summed E-state index contributed by atoms with van der Waals surface area (Å²) in [5, 5.41) is 0.930. The molecule has 2 saturated heterocycles. The maximum atomic E-state index is 5.83. The van der Waals surface area contributed by atoms with Gasteiger partial charge in [0.2, 0.25) is 0 Å². The number of hydrogen-bond donors (Lipinski definition) is 0. The molecule has 2 aliphatic heterocycles. The highest BCUT2D eigenvalue weighted by Gasteiger charge is 2.27. The van der Waals surface area contributed by atoms with Gasteiger partial charge in [0.15, 0.2) is 0 Å². The van der Waals surface area contributed by atoms with Crippen LogP contribution >= 0.6 is 15.9 Å². The maximum absolute atomic E-state index is 5.83. The molecule has 3 nitrogen and oxygen atoms in total. The largest absolute Gasteiger partial charge is 0.377 e. The van der Waals surface area contributed by atoms with Crippen molar-refractivity contribution in [3.8, 4) is 0 Å². The average Bonchev–Trinajstić information content (AvgIpc) is 2.29. The molecule has 3 atom stereocenters. The third kappa shape index (κ3) is 3.69. The summed E-state index contributed by atoms with van der Waals surface area (Å²) >= 11 is 3.51. The van der Waals surface area contributed by atoms with Gasteiger partial charge in [-0.15, -0.1) is 0 Å². The van der Waals surface area contributed by atoms with Gasteiger partial charge in [-0.05, 0) is 26.2 Å². The maximum Gasteiger partial charge on any atom is 0.0802 e. The molecule has 0 aromatic carbocycles. The lowest BCUT2D eigenvalue weighted by atomic mass is 10.1. The van der Waals surface area contributed by atoms with E-state index in [4.69, 9.17) is 9.47 Å². The number of rotatable bonds is 3. The van der Waals surface area contributed by atoms with Gasteiger partial charge >= 0.3 is 0 Å². The second kappa shape index (κ2) is 6.34. The van der Waals surface area contributed by atoms with Crippen LogP contribution in [0.5, 0.6) is 0 Å². The molecule has 3 unspecified atom stereocenters. The summed E-state index contributed by atoms with van der Waals surface area (Å²) in [5.74, 6) is 0. The molecule has 2 heterocycles. The molecule has 0 bridgehead atoms. The molecule has 2 aliphatic rings. The highest BCUT2D eigenvalue weighted by molar-refractivity contribution is 9.09. The van der Waals surface area contributed by atoms with Crippen molar-refractivity contribution in [2.24, 2.45) is 0 Å². The van der Waals surface area contributed by atoms with E-state index in [0.29, 0.717) is 18.3 Å². The standard InChI is InChI=1S/C12H22BrNO2/c1-10-7-14(9-12(6-13)16-10)8-11-4-2-3-5-15-11/h10-12H,2-9H2,1H3. The van der Waals surface area contributed by atoms with Crippen molar-refractivity contribution in [1.29, 1.82) is 0 Å². The highest BCUT2D eigenvalue weighted by atomic mass is 79.9. The molecule has 0 radical (unpaired) electrons. The van der Waals surface area contributed by atoms with Crippen LogP contribution in [0.4, 0.5) is 0 Å². The molecule has 0 amide bonds. The molecule has 4 heteroatoms. The molecular formula is C12H22BrNO2. The molecule has 2 rings (SSSR count). The Bertz CT molecular complexity index is 209. The minimum atomic E-state index is 0.340. The molecule has 0 spiro atoms. The van der Waals surface area contributed by atoms with Gasteiger partial charge in [0.1, 0.15) is 0 Å². The van der Waals surface area contributed by atoms with Gasteiger partial charge in [-0.3, -0.25) is 4.90 Å². The number of ether oxygens (including phenoxy) is 2. The summed E-state index contributed by atoms with van der Waals surface area (Å²) in [6.45, 7) is 6.27. The van der Waals surface area contributed by atoms with Gasteiger partial charge in [-0.2, -0.15) is 0 Å². The fraction of sp³-hybridized carbons (Fsp3) is 1.00. The first-order valence-corrected chi connectivity index (χ1v) is 7.45. The third-order valence-electron chi connectivity index (χ3n) is 3.31. The molecule has 0 aliphatic carbocycles. The van der Waals surface area contributed by atoms with Crippen LogP contribution in [-0.2, 0) is 9.47 Å². The lowest BCUT2D eigenvalue weighted by Crippen LogP contribution is -2.50. The molecule has 94 valence electrons. The molecular weight excluding hydrogens is 270 g/mol. The Morgan fingerprint density at radius 2 is 2.12 bits per heavy atom. The number of morpholine rings is 1. The molecule has 0 N–H and O–H groups in total. The van der Waals surface area contributed by atoms with Gasteiger partial charge in [-0.1, -0.05) is 15.9 Å². The minimum absolute atomic E-state index is 0.340. The van der Waals surface area contributed by atoms with Crippen molar-refractivity contribution < 1.29 is 9.47 Å². The fourth-order valence-electron chi connectivity index (χ4n) is 2.61. The quantitative estimate of drug-likeness (QED) is 0.743. The van der Waals surface area contributed by atoms with Gasteiger partial charge in [0.25, 0.3) is 0 Å². The molecule has 16 heavy (non-hydrogen) atoms. The van der Waals surface area contributed by atoms with Crippen LogP contribution in [0.25, 0.3) is 0 Å². The molecule has 0 aromatic rings. The Morgan fingerprint density at radius 3 is 2.81 bits per heavy atom. The van der Waals surface area contributed by atoms with E-state index >= 15 is 0 Å². The van der Waals surface area contributed by atoms with Gasteiger partial charge in [0.05, 0.1) is 18.3 Å². The number of alkyl halides is 1. The fourth-order valence-corrected chi connectivity index (χ4v) is 2.97. The summed E-state index contributed by atoms with van der Waals surface area (Å²) in [6, 6.07) is 0. The van der Waals surface area contributed by atoms with Crippen molar-refractivity contribution in [2.75, 3.05) is 31.6 Å². The Balaban J connectivity index is 1.78. The first kappa shape index (κ1) is 12.8. The third-order valence-corrected chi connectivity index (χ3v) is 4.03. The Hall–Kier alpha value is 0.360. The van der Waals surface area contributed by atoms with Crippen molar-refractivity contribution >= 4 is 15.9 Å². The van der Waals surface area contributed by atoms with E-state index in [2.05, 4.69) is 27.8 Å². The van der Waals surface area contributed by atoms with E-state index < -0.39 is 0 Å². The van der Waals surface area contributed by atoms with Crippen molar-refractivity contribution in [1.82, 2.24) is 4.90 Å². The summed E-state index contributed by atoms with van der Waals surface area (Å²) in [7, 11) is 0. The Morgan fingerprint density at radius 1 is 1.25 bits per heavy atom. The monoisotopic (exact) mass is 291 g/mol. The zero-order valence-corrected chi connectivity index (χ0v) is 11.6. The number of halogens is 1. The average molecular weight is 292 g/mol. The summed E-state index contributed by atoms with van der Waals surface area (Å²) in [6.07, 6.45) is 4.93. The first-order chi connectivity index (χ1) is 7.78. The summed E-state index contributed by atoms with van der Waals surface area (Å²) in [4.78, 5) is 2.50. The molecule has 2 fully saturated rings.